The van der Waals surface area contributed by atoms with E-state index in [4.69, 9.17) is 0 Å². The molecular weight excluding hydrogens is 636 g/mol. The normalized spacial score (nSPS) is 9.78. The zero-order valence-corrected chi connectivity index (χ0v) is 21.2. The third-order valence-corrected chi connectivity index (χ3v) is 5.22. The first kappa shape index (κ1) is 23.7. The van der Waals surface area contributed by atoms with Gasteiger partial charge in [-0.25, -0.2) is 0 Å². The van der Waals surface area contributed by atoms with Crippen LogP contribution in [0.2, 0.25) is 0 Å². The fraction of sp³-hybridized carbons (Fsp3) is 0. The van der Waals surface area contributed by atoms with Crippen LogP contribution in [0.1, 0.15) is 0 Å². The largest absolute Gasteiger partial charge is 0.256 e. The molecule has 0 aliphatic carbocycles. The van der Waals surface area contributed by atoms with E-state index in [0.29, 0.717) is 0 Å². The predicted octanol–water partition coefficient (Wildman–Crippen LogP) is 7.92. The van der Waals surface area contributed by atoms with Crippen molar-refractivity contribution in [2.45, 2.75) is 0 Å². The topological polar surface area (TPSA) is 25.8 Å². The minimum absolute atomic E-state index is 0. The van der Waals surface area contributed by atoms with Gasteiger partial charge in [-0.05, 0) is 35.9 Å². The van der Waals surface area contributed by atoms with E-state index in [1.807, 2.05) is 72.9 Å². The van der Waals surface area contributed by atoms with Crippen molar-refractivity contribution in [3.8, 4) is 33.6 Å². The van der Waals surface area contributed by atoms with E-state index in [9.17, 15) is 0 Å². The van der Waals surface area contributed by atoms with Crippen LogP contribution in [0, 0.1) is 0 Å². The van der Waals surface area contributed by atoms with E-state index >= 15 is 0 Å². The Hall–Kier alpha value is -2.91. The van der Waals surface area contributed by atoms with Gasteiger partial charge in [-0.1, -0.05) is 101 Å². The average Bonchev–Trinajstić information content (AvgIpc) is 2.86. The number of rotatable bonds is 3. The molecule has 0 atom stereocenters. The predicted molar refractivity (Wildman–Crippen MR) is 132 cm³/mol. The minimum Gasteiger partial charge on any atom is -0.256 e. The summed E-state index contributed by atoms with van der Waals surface area (Å²) < 4.78 is 1.08. The molecule has 5 aromatic rings. The molecule has 3 aromatic carbocycles. The van der Waals surface area contributed by atoms with Gasteiger partial charge in [-0.2, -0.15) is 0 Å². The number of benzene rings is 3. The van der Waals surface area contributed by atoms with Gasteiger partial charge in [-0.3, -0.25) is 9.97 Å². The van der Waals surface area contributed by atoms with E-state index in [1.165, 1.54) is 11.1 Å². The van der Waals surface area contributed by atoms with Crippen molar-refractivity contribution in [2.75, 3.05) is 0 Å². The van der Waals surface area contributed by atoms with Crippen molar-refractivity contribution >= 4 is 15.9 Å². The van der Waals surface area contributed by atoms with Gasteiger partial charge in [0.1, 0.15) is 0 Å². The summed E-state index contributed by atoms with van der Waals surface area (Å²) in [4.78, 5) is 8.79. The first-order valence-electron chi connectivity index (χ1n) is 10.0. The third kappa shape index (κ3) is 6.30. The Morgan fingerprint density at radius 2 is 1.12 bits per heavy atom. The van der Waals surface area contributed by atoms with E-state index in [-0.39, 0.29) is 20.1 Å². The van der Waals surface area contributed by atoms with E-state index in [0.717, 1.165) is 27.0 Å². The van der Waals surface area contributed by atoms with Crippen LogP contribution < -0.4 is 0 Å². The van der Waals surface area contributed by atoms with E-state index in [1.54, 1.807) is 6.20 Å². The Morgan fingerprint density at radius 3 is 1.78 bits per heavy atom. The molecule has 159 valence electrons. The summed E-state index contributed by atoms with van der Waals surface area (Å²) in [5.41, 5.74) is 6.69. The third-order valence-electron chi connectivity index (χ3n) is 4.73. The molecule has 2 nitrogen and oxygen atoms in total. The molecule has 0 fully saturated rings. The van der Waals surface area contributed by atoms with Crippen LogP contribution in [0.15, 0.2) is 132 Å². The van der Waals surface area contributed by atoms with Gasteiger partial charge in [0.15, 0.2) is 0 Å². The summed E-state index contributed by atoms with van der Waals surface area (Å²) in [6, 6.07) is 38.8. The van der Waals surface area contributed by atoms with Crippen LogP contribution in [-0.2, 0) is 20.1 Å². The number of pyridine rings is 2. The van der Waals surface area contributed by atoms with Crippen LogP contribution >= 0.6 is 15.9 Å². The molecule has 2 aromatic heterocycles. The molecule has 2 heterocycles. The second-order valence-corrected chi connectivity index (χ2v) is 7.77. The zero-order chi connectivity index (χ0) is 21.3. The van der Waals surface area contributed by atoms with E-state index < -0.39 is 0 Å². The zero-order valence-electron chi connectivity index (χ0n) is 17.2. The number of hydrogen-bond acceptors (Lipinski definition) is 2. The maximum absolute atomic E-state index is 4.53. The Balaban J connectivity index is 0.000000184. The average molecular weight is 658 g/mol. The summed E-state index contributed by atoms with van der Waals surface area (Å²) in [6.07, 6.45) is 3.64. The molecule has 0 amide bonds. The maximum atomic E-state index is 4.53. The number of nitrogens with zero attached hydrogens (tertiary/aromatic N) is 2. The summed E-state index contributed by atoms with van der Waals surface area (Å²) in [5.74, 6) is 0. The van der Waals surface area contributed by atoms with Crippen LogP contribution in [0.25, 0.3) is 33.6 Å². The molecule has 0 aliphatic rings. The van der Waals surface area contributed by atoms with Crippen LogP contribution in [0.3, 0.4) is 0 Å². The van der Waals surface area contributed by atoms with Crippen LogP contribution in [0.4, 0.5) is 0 Å². The Kier molecular flexibility index (Phi) is 9.06. The minimum atomic E-state index is 0. The van der Waals surface area contributed by atoms with Gasteiger partial charge in [0, 0.05) is 53.7 Å². The summed E-state index contributed by atoms with van der Waals surface area (Å²) in [7, 11) is 0. The summed E-state index contributed by atoms with van der Waals surface area (Å²) >= 11 is 3.43. The molecule has 1 radical (unpaired) electrons. The molecule has 0 aliphatic heterocycles. The molecule has 0 saturated heterocycles. The van der Waals surface area contributed by atoms with Gasteiger partial charge < -0.3 is 0 Å². The molecule has 4 heteroatoms. The maximum Gasteiger partial charge on any atom is 0.0780 e. The molecule has 32 heavy (non-hydrogen) atoms. The fourth-order valence-electron chi connectivity index (χ4n) is 3.26. The van der Waals surface area contributed by atoms with Crippen molar-refractivity contribution in [2.24, 2.45) is 0 Å². The molecule has 0 N–H and O–H groups in total. The molecular formula is C28H21BrIrN2. The van der Waals surface area contributed by atoms with Crippen molar-refractivity contribution in [1.82, 2.24) is 9.97 Å². The first-order chi connectivity index (χ1) is 15.3. The second-order valence-electron chi connectivity index (χ2n) is 6.86. The van der Waals surface area contributed by atoms with Crippen LogP contribution in [0.5, 0.6) is 0 Å². The molecule has 0 unspecified atom stereocenters. The first-order valence-corrected chi connectivity index (χ1v) is 10.8. The monoisotopic (exact) mass is 657 g/mol. The molecule has 0 spiro atoms. The standard InChI is InChI=1S/C17H13N.C11H8BrN.Ir/c1-3-8-14(9-4-1)16-12-7-13-18-17(16)15-10-5-2-6-11-15;12-10-5-3-4-9(8-10)11-6-1-2-7-13-11;/h1-13H;1-8H;. The van der Waals surface area contributed by atoms with Gasteiger partial charge in [-0.15, -0.1) is 0 Å². The quantitative estimate of drug-likeness (QED) is 0.197. The van der Waals surface area contributed by atoms with Crippen molar-refractivity contribution in [3.05, 3.63) is 132 Å². The second kappa shape index (κ2) is 12.2. The number of halogens is 1. The van der Waals surface area contributed by atoms with Gasteiger partial charge in [0.2, 0.25) is 0 Å². The Labute approximate surface area is 210 Å². The van der Waals surface area contributed by atoms with Crippen molar-refractivity contribution in [3.63, 3.8) is 0 Å². The molecule has 5 rings (SSSR count). The molecule has 0 bridgehead atoms. The van der Waals surface area contributed by atoms with Gasteiger partial charge in [0.05, 0.1) is 11.4 Å². The summed E-state index contributed by atoms with van der Waals surface area (Å²) in [6.45, 7) is 0. The number of hydrogen-bond donors (Lipinski definition) is 0. The van der Waals surface area contributed by atoms with Gasteiger partial charge >= 0.3 is 0 Å². The smallest absolute Gasteiger partial charge is 0.0780 e. The van der Waals surface area contributed by atoms with Crippen molar-refractivity contribution < 1.29 is 20.1 Å². The van der Waals surface area contributed by atoms with Crippen molar-refractivity contribution in [1.29, 1.82) is 0 Å². The van der Waals surface area contributed by atoms with E-state index in [2.05, 4.69) is 74.4 Å². The number of aromatic nitrogens is 2. The SMILES string of the molecule is Brc1cccc(-c2ccccn2)c1.[Ir].c1ccc(-c2cccnc2-c2ccccc2)cc1. The molecule has 0 saturated carbocycles. The Morgan fingerprint density at radius 1 is 0.500 bits per heavy atom. The van der Waals surface area contributed by atoms with Crippen LogP contribution in [-0.4, -0.2) is 9.97 Å². The summed E-state index contributed by atoms with van der Waals surface area (Å²) in [5, 5.41) is 0. The fourth-order valence-corrected chi connectivity index (χ4v) is 3.66. The Bertz CT molecular complexity index is 1170. The van der Waals surface area contributed by atoms with Gasteiger partial charge in [0.25, 0.3) is 0 Å².